The van der Waals surface area contributed by atoms with Crippen molar-refractivity contribution in [3.8, 4) is 0 Å². The van der Waals surface area contributed by atoms with Gasteiger partial charge in [0.15, 0.2) is 0 Å². The average molecular weight is 483 g/mol. The molecule has 1 aromatic carbocycles. The summed E-state index contributed by atoms with van der Waals surface area (Å²) in [5.41, 5.74) is 7.27. The van der Waals surface area contributed by atoms with E-state index in [1.807, 2.05) is 24.3 Å². The molecule has 5 amide bonds. The number of urea groups is 1. The van der Waals surface area contributed by atoms with Crippen LogP contribution in [0, 0.1) is 0 Å². The monoisotopic (exact) mass is 482 g/mol. The van der Waals surface area contributed by atoms with Gasteiger partial charge in [-0.1, -0.05) is 45.0 Å². The first-order valence-electron chi connectivity index (χ1n) is 11.4. The highest BCUT2D eigenvalue weighted by atomic mass is 32.1. The Bertz CT molecular complexity index is 1180. The number of primary amides is 1. The van der Waals surface area contributed by atoms with E-state index in [1.54, 1.807) is 6.92 Å². The number of imide groups is 1. The largest absolute Gasteiger partial charge is 0.365 e. The van der Waals surface area contributed by atoms with Crippen molar-refractivity contribution in [3.05, 3.63) is 51.4 Å². The molecule has 4 N–H and O–H groups in total. The number of hydrogen-bond donors (Lipinski definition) is 3. The fourth-order valence-corrected chi connectivity index (χ4v) is 5.87. The summed E-state index contributed by atoms with van der Waals surface area (Å²) in [4.78, 5) is 52.7. The normalized spacial score (nSPS) is 20.2. The molecule has 1 aliphatic carbocycles. The molecule has 9 heteroatoms. The molecule has 2 aliphatic rings. The zero-order valence-electron chi connectivity index (χ0n) is 19.9. The first-order chi connectivity index (χ1) is 15.9. The van der Waals surface area contributed by atoms with Crippen LogP contribution in [0.5, 0.6) is 0 Å². The molecule has 0 bridgehead atoms. The fraction of sp³-hybridized carbons (Fsp3) is 0.440. The molecule has 8 nitrogen and oxygen atoms in total. The number of aryl methyl sites for hydroxylation is 1. The van der Waals surface area contributed by atoms with Gasteiger partial charge in [0, 0.05) is 4.88 Å². The number of hydrogen-bond acceptors (Lipinski definition) is 5. The third-order valence-corrected chi connectivity index (χ3v) is 7.78. The molecule has 1 aliphatic heterocycles. The van der Waals surface area contributed by atoms with Crippen LogP contribution in [0.25, 0.3) is 0 Å². The zero-order chi connectivity index (χ0) is 24.8. The summed E-state index contributed by atoms with van der Waals surface area (Å²) < 4.78 is 0. The lowest BCUT2D eigenvalue weighted by atomic mass is 9.84. The van der Waals surface area contributed by atoms with E-state index in [0.29, 0.717) is 16.1 Å². The summed E-state index contributed by atoms with van der Waals surface area (Å²) in [6, 6.07) is 6.91. The van der Waals surface area contributed by atoms with Crippen LogP contribution in [0.1, 0.15) is 72.5 Å². The van der Waals surface area contributed by atoms with E-state index in [9.17, 15) is 19.2 Å². The molecular weight excluding hydrogens is 452 g/mol. The van der Waals surface area contributed by atoms with Crippen LogP contribution in [0.2, 0.25) is 0 Å². The number of amides is 5. The summed E-state index contributed by atoms with van der Waals surface area (Å²) in [5.74, 6) is -1.65. The molecule has 180 valence electrons. The minimum Gasteiger partial charge on any atom is -0.365 e. The molecule has 4 rings (SSSR count). The zero-order valence-corrected chi connectivity index (χ0v) is 20.7. The van der Waals surface area contributed by atoms with Crippen LogP contribution in [0.15, 0.2) is 24.3 Å². The number of carbonyl (C=O) groups excluding carboxylic acids is 4. The summed E-state index contributed by atoms with van der Waals surface area (Å²) in [6.07, 6.45) is 3.58. The van der Waals surface area contributed by atoms with Crippen molar-refractivity contribution < 1.29 is 19.2 Å². The first-order valence-corrected chi connectivity index (χ1v) is 12.2. The third kappa shape index (κ3) is 4.20. The maximum atomic E-state index is 13.2. The van der Waals surface area contributed by atoms with E-state index < -0.39 is 35.8 Å². The minimum atomic E-state index is -1.27. The van der Waals surface area contributed by atoms with Gasteiger partial charge in [0.05, 0.1) is 5.56 Å². The first kappa shape index (κ1) is 23.9. The van der Waals surface area contributed by atoms with Crippen molar-refractivity contribution >= 4 is 40.1 Å². The molecule has 0 spiro atoms. The lowest BCUT2D eigenvalue weighted by Gasteiger charge is -2.24. The van der Waals surface area contributed by atoms with E-state index in [4.69, 9.17) is 5.73 Å². The topological polar surface area (TPSA) is 122 Å². The van der Waals surface area contributed by atoms with Crippen molar-refractivity contribution in [2.24, 2.45) is 5.73 Å². The molecule has 2 aromatic rings. The molecule has 1 aromatic heterocycles. The molecule has 2 heterocycles. The number of rotatable bonds is 5. The highest BCUT2D eigenvalue weighted by Crippen LogP contribution is 2.38. The van der Waals surface area contributed by atoms with Crippen molar-refractivity contribution in [1.29, 1.82) is 0 Å². The molecule has 34 heavy (non-hydrogen) atoms. The number of thiophene rings is 1. The Kier molecular flexibility index (Phi) is 6.01. The summed E-state index contributed by atoms with van der Waals surface area (Å²) in [5, 5.41) is 5.83. The van der Waals surface area contributed by atoms with Crippen LogP contribution in [0.3, 0.4) is 0 Å². The quantitative estimate of drug-likeness (QED) is 0.565. The summed E-state index contributed by atoms with van der Waals surface area (Å²) in [7, 11) is 0. The lowest BCUT2D eigenvalue weighted by molar-refractivity contribution is -0.133. The van der Waals surface area contributed by atoms with Crippen LogP contribution < -0.4 is 16.4 Å². The van der Waals surface area contributed by atoms with Crippen molar-refractivity contribution in [2.75, 3.05) is 11.9 Å². The Morgan fingerprint density at radius 2 is 1.79 bits per heavy atom. The fourth-order valence-electron chi connectivity index (χ4n) is 4.56. The molecule has 1 saturated heterocycles. The number of nitrogens with one attached hydrogen (secondary N) is 2. The molecule has 0 radical (unpaired) electrons. The number of fused-ring (bicyclic) bond motifs is 1. The number of nitrogens with zero attached hydrogens (tertiary/aromatic N) is 1. The van der Waals surface area contributed by atoms with E-state index in [2.05, 4.69) is 31.4 Å². The second-order valence-electron chi connectivity index (χ2n) is 10.1. The van der Waals surface area contributed by atoms with Gasteiger partial charge < -0.3 is 16.4 Å². The predicted molar refractivity (Wildman–Crippen MR) is 131 cm³/mol. The molecule has 0 unspecified atom stereocenters. The van der Waals surface area contributed by atoms with E-state index in [0.717, 1.165) is 46.6 Å². The molecular formula is C25H30N4O4S. The summed E-state index contributed by atoms with van der Waals surface area (Å²) in [6.45, 7) is 7.47. The standard InChI is InChI=1S/C25H30N4O4S/c1-24(2,3)14-9-11-15(12-10-14)25(4)22(32)29(23(33)28-25)13-18(30)27-21-19(20(26)31)16-7-5-6-8-17(16)34-21/h9-12H,5-8,13H2,1-4H3,(H2,26,31)(H,27,30)(H,28,33)/t25-/m1/s1. The number of benzene rings is 1. The second-order valence-corrected chi connectivity index (χ2v) is 11.2. The lowest BCUT2D eigenvalue weighted by Crippen LogP contribution is -2.42. The second kappa shape index (κ2) is 8.54. The average Bonchev–Trinajstić information content (AvgIpc) is 3.23. The van der Waals surface area contributed by atoms with Gasteiger partial charge in [0.25, 0.3) is 11.8 Å². The van der Waals surface area contributed by atoms with Crippen LogP contribution in [-0.2, 0) is 33.4 Å². The Balaban J connectivity index is 1.51. The third-order valence-electron chi connectivity index (χ3n) is 6.58. The van der Waals surface area contributed by atoms with Gasteiger partial charge >= 0.3 is 6.03 Å². The van der Waals surface area contributed by atoms with E-state index in [-0.39, 0.29) is 5.41 Å². The van der Waals surface area contributed by atoms with Crippen LogP contribution >= 0.6 is 11.3 Å². The smallest absolute Gasteiger partial charge is 0.325 e. The number of nitrogens with two attached hydrogens (primary N) is 1. The Morgan fingerprint density at radius 1 is 1.15 bits per heavy atom. The predicted octanol–water partition coefficient (Wildman–Crippen LogP) is 3.43. The van der Waals surface area contributed by atoms with Crippen molar-refractivity contribution in [1.82, 2.24) is 10.2 Å². The number of carbonyl (C=O) groups is 4. The van der Waals surface area contributed by atoms with E-state index in [1.165, 1.54) is 11.3 Å². The summed E-state index contributed by atoms with van der Waals surface area (Å²) >= 11 is 1.34. The van der Waals surface area contributed by atoms with Gasteiger partial charge in [-0.3, -0.25) is 19.3 Å². The van der Waals surface area contributed by atoms with Crippen LogP contribution in [-0.4, -0.2) is 35.2 Å². The number of anilines is 1. The van der Waals surface area contributed by atoms with Gasteiger partial charge in [0.1, 0.15) is 17.1 Å². The van der Waals surface area contributed by atoms with Crippen LogP contribution in [0.4, 0.5) is 9.80 Å². The van der Waals surface area contributed by atoms with Gasteiger partial charge in [-0.25, -0.2) is 4.79 Å². The molecule has 1 fully saturated rings. The highest BCUT2D eigenvalue weighted by molar-refractivity contribution is 7.17. The maximum absolute atomic E-state index is 13.2. The Hall–Kier alpha value is -3.20. The van der Waals surface area contributed by atoms with E-state index >= 15 is 0 Å². The Labute approximate surface area is 202 Å². The molecule has 0 saturated carbocycles. The van der Waals surface area contributed by atoms with Crippen molar-refractivity contribution in [3.63, 3.8) is 0 Å². The SMILES string of the molecule is CC(C)(C)c1ccc([C@@]2(C)NC(=O)N(CC(=O)Nc3sc4c(c3C(N)=O)CCCC4)C2=O)cc1. The Morgan fingerprint density at radius 3 is 2.41 bits per heavy atom. The van der Waals surface area contributed by atoms with Gasteiger partial charge in [0.2, 0.25) is 5.91 Å². The van der Waals surface area contributed by atoms with Gasteiger partial charge in [-0.15, -0.1) is 11.3 Å². The van der Waals surface area contributed by atoms with Crippen molar-refractivity contribution in [2.45, 2.75) is 64.3 Å². The van der Waals surface area contributed by atoms with Gasteiger partial charge in [-0.05, 0) is 54.7 Å². The minimum absolute atomic E-state index is 0.0444. The molecule has 1 atom stereocenters. The van der Waals surface area contributed by atoms with Gasteiger partial charge in [-0.2, -0.15) is 0 Å². The highest BCUT2D eigenvalue weighted by Gasteiger charge is 2.49. The maximum Gasteiger partial charge on any atom is 0.325 e.